The molecular weight excluding hydrogens is 380 g/mol. The van der Waals surface area contributed by atoms with Gasteiger partial charge in [-0.25, -0.2) is 4.98 Å². The largest absolute Gasteiger partial charge is 0.458 e. The third-order valence-corrected chi connectivity index (χ3v) is 5.30. The van der Waals surface area contributed by atoms with Gasteiger partial charge in [-0.05, 0) is 45.1 Å². The SMILES string of the molecule is [B]C([B])([B])n1c(C(F)(F)F)nc2c3oc(C4CCN(C)CC4)cc(=O)c3ccc21. The van der Waals surface area contributed by atoms with Gasteiger partial charge in [-0.3, -0.25) is 4.79 Å². The van der Waals surface area contributed by atoms with Crippen molar-refractivity contribution in [1.29, 1.82) is 0 Å². The number of rotatable bonds is 2. The highest BCUT2D eigenvalue weighted by Crippen LogP contribution is 2.36. The average molecular weight is 395 g/mol. The summed E-state index contributed by atoms with van der Waals surface area (Å²) in [5.41, 5.74) is -0.601. The van der Waals surface area contributed by atoms with E-state index >= 15 is 0 Å². The minimum absolute atomic E-state index is 0.000319. The third kappa shape index (κ3) is 3.49. The van der Waals surface area contributed by atoms with E-state index in [4.69, 9.17) is 28.0 Å². The first kappa shape index (κ1) is 20.1. The maximum absolute atomic E-state index is 13.6. The zero-order valence-electron chi connectivity index (χ0n) is 15.7. The molecule has 0 unspecified atom stereocenters. The first-order valence-corrected chi connectivity index (χ1v) is 9.09. The predicted octanol–water partition coefficient (Wildman–Crippen LogP) is 2.04. The predicted molar refractivity (Wildman–Crippen MR) is 105 cm³/mol. The van der Waals surface area contributed by atoms with E-state index < -0.39 is 17.2 Å². The van der Waals surface area contributed by atoms with Gasteiger partial charge in [-0.15, -0.1) is 0 Å². The number of fused-ring (bicyclic) bond motifs is 3. The van der Waals surface area contributed by atoms with Crippen molar-refractivity contribution < 1.29 is 17.6 Å². The Hall–Kier alpha value is -2.16. The zero-order chi connectivity index (χ0) is 21.1. The molecule has 2 aromatic heterocycles. The molecule has 1 aliphatic rings. The number of aromatic nitrogens is 2. The second-order valence-corrected chi connectivity index (χ2v) is 7.56. The molecule has 1 saturated heterocycles. The molecule has 0 N–H and O–H groups in total. The van der Waals surface area contributed by atoms with Crippen LogP contribution in [0.25, 0.3) is 22.0 Å². The van der Waals surface area contributed by atoms with Crippen LogP contribution in [-0.2, 0) is 11.4 Å². The normalized spacial score (nSPS) is 17.4. The van der Waals surface area contributed by atoms with E-state index in [1.54, 1.807) is 0 Å². The van der Waals surface area contributed by atoms with E-state index in [2.05, 4.69) is 9.88 Å². The van der Waals surface area contributed by atoms with Gasteiger partial charge in [0.05, 0.1) is 34.4 Å². The molecule has 11 heteroatoms. The summed E-state index contributed by atoms with van der Waals surface area (Å²) in [4.78, 5) is 18.5. The smallest absolute Gasteiger partial charge is 0.449 e. The fourth-order valence-electron chi connectivity index (χ4n) is 3.85. The van der Waals surface area contributed by atoms with Crippen molar-refractivity contribution in [2.45, 2.75) is 30.2 Å². The van der Waals surface area contributed by atoms with Gasteiger partial charge >= 0.3 is 6.18 Å². The lowest BCUT2D eigenvalue weighted by Crippen LogP contribution is -2.38. The number of alkyl halides is 3. The Bertz CT molecular complexity index is 1140. The Morgan fingerprint density at radius 2 is 1.83 bits per heavy atom. The molecule has 0 spiro atoms. The van der Waals surface area contributed by atoms with Crippen LogP contribution < -0.4 is 5.43 Å². The molecule has 3 aromatic rings. The molecule has 0 aliphatic carbocycles. The van der Waals surface area contributed by atoms with Gasteiger partial charge in [0.25, 0.3) is 0 Å². The number of benzene rings is 1. The van der Waals surface area contributed by atoms with Crippen LogP contribution in [0.2, 0.25) is 0 Å². The minimum atomic E-state index is -4.86. The topological polar surface area (TPSA) is 51.3 Å². The first-order valence-electron chi connectivity index (χ1n) is 9.09. The molecule has 3 heterocycles. The second kappa shape index (κ2) is 6.69. The van der Waals surface area contributed by atoms with E-state index in [1.807, 2.05) is 7.05 Å². The molecule has 0 bridgehead atoms. The van der Waals surface area contributed by atoms with Gasteiger partial charge in [0.1, 0.15) is 11.3 Å². The van der Waals surface area contributed by atoms with Gasteiger partial charge in [0.15, 0.2) is 11.0 Å². The van der Waals surface area contributed by atoms with Crippen molar-refractivity contribution in [2.75, 3.05) is 20.1 Å². The van der Waals surface area contributed by atoms with Crippen LogP contribution in [0, 0.1) is 0 Å². The standard InChI is InChI=1S/C18H15B3F3N3O2/c1-26-6-4-9(5-7-26)13-8-12(28)10-2-3-11-14(15(10)29-13)25-16(17(22,23)24)27(11)18(19,20)21/h2-3,8-9H,4-7H2,1H3. The van der Waals surface area contributed by atoms with Crippen LogP contribution in [0.3, 0.4) is 0 Å². The molecule has 1 fully saturated rings. The van der Waals surface area contributed by atoms with Crippen LogP contribution in [0.1, 0.15) is 30.3 Å². The Balaban J connectivity index is 1.99. The number of nitrogens with zero attached hydrogens (tertiary/aromatic N) is 3. The van der Waals surface area contributed by atoms with Crippen molar-refractivity contribution in [3.05, 3.63) is 40.0 Å². The van der Waals surface area contributed by atoms with Crippen LogP contribution in [-0.4, -0.2) is 58.1 Å². The monoisotopic (exact) mass is 395 g/mol. The highest BCUT2D eigenvalue weighted by molar-refractivity contribution is 6.57. The van der Waals surface area contributed by atoms with Crippen molar-refractivity contribution in [1.82, 2.24) is 14.5 Å². The summed E-state index contributed by atoms with van der Waals surface area (Å²) in [6.45, 7) is 1.67. The van der Waals surface area contributed by atoms with Crippen molar-refractivity contribution in [3.8, 4) is 0 Å². The third-order valence-electron chi connectivity index (χ3n) is 5.30. The van der Waals surface area contributed by atoms with Gasteiger partial charge in [-0.1, -0.05) is 5.24 Å². The summed E-state index contributed by atoms with van der Waals surface area (Å²) >= 11 is 0. The maximum Gasteiger partial charge on any atom is 0.449 e. The summed E-state index contributed by atoms with van der Waals surface area (Å²) in [6.07, 6.45) is -3.30. The summed E-state index contributed by atoms with van der Waals surface area (Å²) in [5, 5.41) is -2.22. The Morgan fingerprint density at radius 1 is 1.17 bits per heavy atom. The van der Waals surface area contributed by atoms with Gasteiger partial charge in [-0.2, -0.15) is 13.2 Å². The number of hydrogen-bond donors (Lipinski definition) is 0. The Morgan fingerprint density at radius 3 is 2.41 bits per heavy atom. The number of piperidine rings is 1. The molecular formula is C18H15B3F3N3O2. The van der Waals surface area contributed by atoms with Crippen molar-refractivity contribution >= 4 is 45.5 Å². The first-order chi connectivity index (χ1) is 13.5. The molecule has 5 nitrogen and oxygen atoms in total. The van der Waals surface area contributed by atoms with E-state index in [1.165, 1.54) is 18.2 Å². The van der Waals surface area contributed by atoms with E-state index in [0.29, 0.717) is 10.3 Å². The second-order valence-electron chi connectivity index (χ2n) is 7.56. The zero-order valence-corrected chi connectivity index (χ0v) is 15.7. The fraction of sp³-hybridized carbons (Fsp3) is 0.444. The Labute approximate surface area is 168 Å². The number of hydrogen-bond acceptors (Lipinski definition) is 4. The minimum Gasteiger partial charge on any atom is -0.458 e. The Kier molecular flexibility index (Phi) is 4.64. The number of likely N-dealkylation sites (tertiary alicyclic amines) is 1. The molecule has 0 atom stereocenters. The van der Waals surface area contributed by atoms with Gasteiger partial charge in [0, 0.05) is 12.0 Å². The van der Waals surface area contributed by atoms with Gasteiger partial charge in [0.2, 0.25) is 5.82 Å². The quantitative estimate of drug-likeness (QED) is 0.624. The molecule has 1 aliphatic heterocycles. The van der Waals surface area contributed by atoms with Crippen LogP contribution in [0.4, 0.5) is 13.2 Å². The van der Waals surface area contributed by atoms with Crippen molar-refractivity contribution in [3.63, 3.8) is 0 Å². The molecule has 4 rings (SSSR count). The molecule has 6 radical (unpaired) electrons. The van der Waals surface area contributed by atoms with Crippen LogP contribution in [0.5, 0.6) is 0 Å². The number of imidazole rings is 1. The van der Waals surface area contributed by atoms with Gasteiger partial charge < -0.3 is 13.9 Å². The number of halogens is 3. The highest BCUT2D eigenvalue weighted by Gasteiger charge is 2.40. The molecule has 1 aromatic carbocycles. The lowest BCUT2D eigenvalue weighted by molar-refractivity contribution is -0.146. The molecule has 29 heavy (non-hydrogen) atoms. The lowest BCUT2D eigenvalue weighted by atomic mass is 9.49. The molecule has 0 amide bonds. The van der Waals surface area contributed by atoms with E-state index in [0.717, 1.165) is 25.9 Å². The fourth-order valence-corrected chi connectivity index (χ4v) is 3.85. The highest BCUT2D eigenvalue weighted by atomic mass is 19.4. The molecule has 144 valence electrons. The van der Waals surface area contributed by atoms with E-state index in [9.17, 15) is 18.0 Å². The summed E-state index contributed by atoms with van der Waals surface area (Å²) in [5.74, 6) is -0.925. The molecule has 0 saturated carbocycles. The lowest BCUT2D eigenvalue weighted by Gasteiger charge is -2.28. The van der Waals surface area contributed by atoms with E-state index in [-0.39, 0.29) is 33.3 Å². The van der Waals surface area contributed by atoms with Crippen molar-refractivity contribution in [2.24, 2.45) is 0 Å². The summed E-state index contributed by atoms with van der Waals surface area (Å²) in [6, 6.07) is 4.06. The van der Waals surface area contributed by atoms with Crippen LogP contribution >= 0.6 is 0 Å². The average Bonchev–Trinajstić information content (AvgIpc) is 3.03. The summed E-state index contributed by atoms with van der Waals surface area (Å²) in [7, 11) is 18.7. The van der Waals surface area contributed by atoms with Crippen LogP contribution in [0.15, 0.2) is 27.4 Å². The summed E-state index contributed by atoms with van der Waals surface area (Å²) < 4.78 is 47.1. The maximum atomic E-state index is 13.6.